The number of phenols is 1. The SMILES string of the molecule is CNC1C2CCC1CN(CCCC(Oc1ccc(O)cc1)c1ccc(C#N)cc1)C2. The fourth-order valence-electron chi connectivity index (χ4n) is 5.23. The van der Waals surface area contributed by atoms with Gasteiger partial charge in [0.15, 0.2) is 0 Å². The van der Waals surface area contributed by atoms with Crippen LogP contribution in [-0.4, -0.2) is 42.7 Å². The highest BCUT2D eigenvalue weighted by atomic mass is 16.5. The van der Waals surface area contributed by atoms with E-state index in [-0.39, 0.29) is 11.9 Å². The van der Waals surface area contributed by atoms with E-state index in [4.69, 9.17) is 10.00 Å². The molecule has 5 heteroatoms. The summed E-state index contributed by atoms with van der Waals surface area (Å²) in [4.78, 5) is 2.63. The molecule has 0 spiro atoms. The molecule has 2 fully saturated rings. The predicted molar refractivity (Wildman–Crippen MR) is 117 cm³/mol. The van der Waals surface area contributed by atoms with Gasteiger partial charge in [0.2, 0.25) is 0 Å². The van der Waals surface area contributed by atoms with Crippen LogP contribution in [0.5, 0.6) is 11.5 Å². The van der Waals surface area contributed by atoms with Crippen LogP contribution in [0.3, 0.4) is 0 Å². The van der Waals surface area contributed by atoms with Crippen molar-refractivity contribution in [3.05, 3.63) is 59.7 Å². The maximum absolute atomic E-state index is 9.54. The van der Waals surface area contributed by atoms with Crippen LogP contribution in [-0.2, 0) is 0 Å². The number of nitriles is 1. The van der Waals surface area contributed by atoms with Gasteiger partial charge in [-0.15, -0.1) is 0 Å². The van der Waals surface area contributed by atoms with Gasteiger partial charge in [0.05, 0.1) is 11.6 Å². The van der Waals surface area contributed by atoms with E-state index in [1.54, 1.807) is 24.3 Å². The van der Waals surface area contributed by atoms with Crippen LogP contribution in [0, 0.1) is 23.2 Å². The first-order chi connectivity index (χ1) is 14.7. The summed E-state index contributed by atoms with van der Waals surface area (Å²) >= 11 is 0. The number of rotatable bonds is 8. The summed E-state index contributed by atoms with van der Waals surface area (Å²) in [5, 5.41) is 22.2. The normalized spacial score (nSPS) is 24.3. The van der Waals surface area contributed by atoms with Crippen molar-refractivity contribution >= 4 is 0 Å². The topological polar surface area (TPSA) is 68.5 Å². The van der Waals surface area contributed by atoms with Gasteiger partial charge < -0.3 is 20.1 Å². The van der Waals surface area contributed by atoms with E-state index < -0.39 is 0 Å². The molecular formula is C25H31N3O2. The van der Waals surface area contributed by atoms with Crippen LogP contribution < -0.4 is 10.1 Å². The molecule has 2 aromatic rings. The van der Waals surface area contributed by atoms with Gasteiger partial charge in [-0.05, 0) is 93.1 Å². The number of ether oxygens (including phenoxy) is 1. The highest BCUT2D eigenvalue weighted by Crippen LogP contribution is 2.37. The number of benzene rings is 2. The number of aromatic hydroxyl groups is 1. The Labute approximate surface area is 179 Å². The van der Waals surface area contributed by atoms with Crippen LogP contribution in [0.2, 0.25) is 0 Å². The minimum absolute atomic E-state index is 0.0751. The second kappa shape index (κ2) is 9.51. The molecule has 2 aromatic carbocycles. The van der Waals surface area contributed by atoms with Gasteiger partial charge in [-0.2, -0.15) is 5.26 Å². The van der Waals surface area contributed by atoms with Crippen molar-refractivity contribution in [1.82, 2.24) is 10.2 Å². The zero-order valence-corrected chi connectivity index (χ0v) is 17.6. The minimum atomic E-state index is -0.0751. The molecule has 0 aromatic heterocycles. The minimum Gasteiger partial charge on any atom is -0.508 e. The van der Waals surface area contributed by atoms with Gasteiger partial charge in [0.25, 0.3) is 0 Å². The molecule has 1 aliphatic heterocycles. The molecular weight excluding hydrogens is 374 g/mol. The molecule has 5 nitrogen and oxygen atoms in total. The van der Waals surface area contributed by atoms with Crippen molar-refractivity contribution in [3.63, 3.8) is 0 Å². The zero-order valence-electron chi connectivity index (χ0n) is 17.6. The average molecular weight is 406 g/mol. The van der Waals surface area contributed by atoms with Gasteiger partial charge in [0.1, 0.15) is 17.6 Å². The summed E-state index contributed by atoms with van der Waals surface area (Å²) in [7, 11) is 2.11. The molecule has 3 unspecified atom stereocenters. The quantitative estimate of drug-likeness (QED) is 0.692. The Morgan fingerprint density at radius 1 is 1.10 bits per heavy atom. The Morgan fingerprint density at radius 2 is 1.77 bits per heavy atom. The molecule has 2 N–H and O–H groups in total. The summed E-state index contributed by atoms with van der Waals surface area (Å²) < 4.78 is 6.28. The lowest BCUT2D eigenvalue weighted by Crippen LogP contribution is -2.50. The molecule has 4 rings (SSSR count). The molecule has 2 aliphatic rings. The smallest absolute Gasteiger partial charge is 0.124 e. The number of hydrogen-bond acceptors (Lipinski definition) is 5. The van der Waals surface area contributed by atoms with Gasteiger partial charge in [-0.25, -0.2) is 0 Å². The van der Waals surface area contributed by atoms with Crippen molar-refractivity contribution in [3.8, 4) is 17.6 Å². The molecule has 0 amide bonds. The molecule has 30 heavy (non-hydrogen) atoms. The maximum Gasteiger partial charge on any atom is 0.124 e. The summed E-state index contributed by atoms with van der Waals surface area (Å²) in [6.07, 6.45) is 4.60. The number of piperidine rings is 1. The number of hydrogen-bond donors (Lipinski definition) is 2. The van der Waals surface area contributed by atoms with E-state index in [1.165, 1.54) is 25.9 Å². The van der Waals surface area contributed by atoms with Crippen molar-refractivity contribution < 1.29 is 9.84 Å². The Hall–Kier alpha value is -2.55. The third kappa shape index (κ3) is 4.77. The monoisotopic (exact) mass is 405 g/mol. The third-order valence-corrected chi connectivity index (χ3v) is 6.71. The van der Waals surface area contributed by atoms with Crippen molar-refractivity contribution in [2.45, 2.75) is 37.8 Å². The van der Waals surface area contributed by atoms with Crippen LogP contribution in [0.25, 0.3) is 0 Å². The summed E-state index contributed by atoms with van der Waals surface area (Å²) in [5.74, 6) is 2.56. The van der Waals surface area contributed by atoms with Gasteiger partial charge in [0, 0.05) is 19.1 Å². The zero-order chi connectivity index (χ0) is 20.9. The number of nitrogens with one attached hydrogen (secondary N) is 1. The second-order valence-electron chi connectivity index (χ2n) is 8.65. The van der Waals surface area contributed by atoms with Crippen molar-refractivity contribution in [2.24, 2.45) is 11.8 Å². The van der Waals surface area contributed by atoms with E-state index >= 15 is 0 Å². The largest absolute Gasteiger partial charge is 0.508 e. The Balaban J connectivity index is 1.38. The summed E-state index contributed by atoms with van der Waals surface area (Å²) in [6, 6.07) is 17.4. The van der Waals surface area contributed by atoms with Gasteiger partial charge in [-0.1, -0.05) is 12.1 Å². The summed E-state index contributed by atoms with van der Waals surface area (Å²) in [6.45, 7) is 3.49. The van der Waals surface area contributed by atoms with E-state index in [1.807, 2.05) is 24.3 Å². The highest BCUT2D eigenvalue weighted by Gasteiger charge is 2.40. The molecule has 0 radical (unpaired) electrons. The Bertz CT molecular complexity index is 845. The second-order valence-corrected chi connectivity index (χ2v) is 8.65. The number of phenolic OH excluding ortho intramolecular Hbond substituents is 1. The number of nitrogens with zero attached hydrogens (tertiary/aromatic N) is 2. The Morgan fingerprint density at radius 3 is 2.37 bits per heavy atom. The molecule has 2 bridgehead atoms. The highest BCUT2D eigenvalue weighted by molar-refractivity contribution is 5.34. The standard InChI is InChI=1S/C25H31N3O2/c1-27-25-20-8-9-21(25)17-28(16-20)14-2-3-24(19-6-4-18(15-26)5-7-19)30-23-12-10-22(29)11-13-23/h4-7,10-13,20-21,24-25,27,29H,2-3,8-9,14,16-17H2,1H3. The lowest BCUT2D eigenvalue weighted by atomic mass is 9.92. The Kier molecular flexibility index (Phi) is 6.56. The molecule has 1 heterocycles. The van der Waals surface area contributed by atoms with Gasteiger partial charge in [-0.3, -0.25) is 0 Å². The third-order valence-electron chi connectivity index (χ3n) is 6.71. The maximum atomic E-state index is 9.54. The lowest BCUT2D eigenvalue weighted by molar-refractivity contribution is 0.122. The van der Waals surface area contributed by atoms with E-state index in [2.05, 4.69) is 23.3 Å². The average Bonchev–Trinajstić information content (AvgIpc) is 3.03. The van der Waals surface area contributed by atoms with Crippen LogP contribution in [0.1, 0.15) is 42.9 Å². The molecule has 3 atom stereocenters. The van der Waals surface area contributed by atoms with Crippen LogP contribution >= 0.6 is 0 Å². The van der Waals surface area contributed by atoms with E-state index in [0.717, 1.165) is 42.5 Å². The first kappa shape index (κ1) is 20.7. The molecule has 158 valence electrons. The van der Waals surface area contributed by atoms with Crippen LogP contribution in [0.15, 0.2) is 48.5 Å². The molecule has 1 saturated carbocycles. The lowest BCUT2D eigenvalue weighted by Gasteiger charge is -2.38. The number of fused-ring (bicyclic) bond motifs is 2. The molecule has 1 saturated heterocycles. The van der Waals surface area contributed by atoms with Crippen LogP contribution in [0.4, 0.5) is 0 Å². The fraction of sp³-hybridized carbons (Fsp3) is 0.480. The first-order valence-electron chi connectivity index (χ1n) is 11.0. The van der Waals surface area contributed by atoms with Crippen molar-refractivity contribution in [1.29, 1.82) is 5.26 Å². The van der Waals surface area contributed by atoms with E-state index in [9.17, 15) is 5.11 Å². The van der Waals surface area contributed by atoms with E-state index in [0.29, 0.717) is 11.6 Å². The number of likely N-dealkylation sites (tertiary alicyclic amines) is 1. The summed E-state index contributed by atoms with van der Waals surface area (Å²) in [5.41, 5.74) is 1.74. The van der Waals surface area contributed by atoms with Gasteiger partial charge >= 0.3 is 0 Å². The predicted octanol–water partition coefficient (Wildman–Crippen LogP) is 4.09. The first-order valence-corrected chi connectivity index (χ1v) is 11.0. The molecule has 1 aliphatic carbocycles. The fourth-order valence-corrected chi connectivity index (χ4v) is 5.23. The van der Waals surface area contributed by atoms with Crippen molar-refractivity contribution in [2.75, 3.05) is 26.7 Å².